The van der Waals surface area contributed by atoms with Crippen LogP contribution in [-0.2, 0) is 10.0 Å². The second-order valence-corrected chi connectivity index (χ2v) is 7.31. The van der Waals surface area contributed by atoms with Crippen molar-refractivity contribution in [2.45, 2.75) is 36.9 Å². The average molecular weight is 287 g/mol. The maximum atomic E-state index is 12.4. The fourth-order valence-corrected chi connectivity index (χ4v) is 4.26. The average Bonchev–Trinajstić information content (AvgIpc) is 3.13. The number of halogens is 1. The van der Waals surface area contributed by atoms with E-state index in [1.54, 1.807) is 19.2 Å². The van der Waals surface area contributed by atoms with Crippen molar-refractivity contribution >= 4 is 27.3 Å². The van der Waals surface area contributed by atoms with E-state index in [0.29, 0.717) is 16.0 Å². The Morgan fingerprint density at radius 1 is 1.33 bits per heavy atom. The van der Waals surface area contributed by atoms with Gasteiger partial charge in [0.15, 0.2) is 0 Å². The molecule has 3 rings (SSSR count). The van der Waals surface area contributed by atoms with Crippen LogP contribution >= 0.6 is 11.6 Å². The highest BCUT2D eigenvalue weighted by atomic mass is 35.5. The zero-order valence-electron chi connectivity index (χ0n) is 10.3. The van der Waals surface area contributed by atoms with Crippen molar-refractivity contribution in [1.82, 2.24) is 4.31 Å². The van der Waals surface area contributed by atoms with Gasteiger partial charge in [-0.05, 0) is 38.0 Å². The third kappa shape index (κ3) is 1.65. The molecule has 1 aliphatic heterocycles. The van der Waals surface area contributed by atoms with Crippen LogP contribution in [0.3, 0.4) is 0 Å². The van der Waals surface area contributed by atoms with Gasteiger partial charge in [-0.1, -0.05) is 11.6 Å². The molecule has 98 valence electrons. The van der Waals surface area contributed by atoms with Crippen LogP contribution in [0.5, 0.6) is 0 Å². The van der Waals surface area contributed by atoms with Crippen molar-refractivity contribution in [2.24, 2.45) is 0 Å². The summed E-state index contributed by atoms with van der Waals surface area (Å²) in [5, 5.41) is 0.455. The maximum absolute atomic E-state index is 12.4. The van der Waals surface area contributed by atoms with Crippen molar-refractivity contribution < 1.29 is 8.42 Å². The molecule has 1 unspecified atom stereocenters. The van der Waals surface area contributed by atoms with Gasteiger partial charge < -0.3 is 4.90 Å². The fourth-order valence-electron chi connectivity index (χ4n) is 2.49. The summed E-state index contributed by atoms with van der Waals surface area (Å²) in [6.07, 6.45) is 2.11. The normalized spacial score (nSPS) is 27.1. The molecule has 4 nitrogen and oxygen atoms in total. The Labute approximate surface area is 112 Å². The van der Waals surface area contributed by atoms with Crippen LogP contribution < -0.4 is 4.90 Å². The molecule has 1 saturated carbocycles. The standard InChI is InChI=1S/C12H15ClN2O2S/c1-8-14(2)18(16,17)12-7-9(13)3-6-11(12)15(8)10-4-5-10/h3,6-8,10H,4-5H2,1-2H3. The molecule has 0 radical (unpaired) electrons. The lowest BCUT2D eigenvalue weighted by Crippen LogP contribution is -2.52. The van der Waals surface area contributed by atoms with E-state index in [2.05, 4.69) is 4.90 Å². The predicted molar refractivity (Wildman–Crippen MR) is 71.4 cm³/mol. The van der Waals surface area contributed by atoms with Crippen molar-refractivity contribution in [1.29, 1.82) is 0 Å². The zero-order chi connectivity index (χ0) is 13.1. The molecule has 6 heteroatoms. The first kappa shape index (κ1) is 12.3. The minimum Gasteiger partial charge on any atom is -0.351 e. The number of benzene rings is 1. The van der Waals surface area contributed by atoms with E-state index in [1.807, 2.05) is 13.0 Å². The lowest BCUT2D eigenvalue weighted by Gasteiger charge is -2.42. The van der Waals surface area contributed by atoms with Crippen LogP contribution in [0.15, 0.2) is 23.1 Å². The molecule has 0 saturated heterocycles. The summed E-state index contributed by atoms with van der Waals surface area (Å²) in [5.41, 5.74) is 0.785. The summed E-state index contributed by atoms with van der Waals surface area (Å²) in [6, 6.07) is 5.57. The molecular weight excluding hydrogens is 272 g/mol. The van der Waals surface area contributed by atoms with Crippen LogP contribution in [0.4, 0.5) is 5.69 Å². The molecule has 1 aromatic rings. The molecule has 18 heavy (non-hydrogen) atoms. The van der Waals surface area contributed by atoms with Gasteiger partial charge in [-0.15, -0.1) is 0 Å². The molecule has 0 N–H and O–H groups in total. The molecule has 1 aromatic carbocycles. The van der Waals surface area contributed by atoms with Gasteiger partial charge in [0.1, 0.15) is 4.90 Å². The highest BCUT2D eigenvalue weighted by Gasteiger charge is 2.43. The van der Waals surface area contributed by atoms with Crippen molar-refractivity contribution in [3.05, 3.63) is 23.2 Å². The van der Waals surface area contributed by atoms with E-state index in [9.17, 15) is 8.42 Å². The van der Waals surface area contributed by atoms with Crippen LogP contribution in [0.1, 0.15) is 19.8 Å². The lowest BCUT2D eigenvalue weighted by molar-refractivity contribution is 0.359. The van der Waals surface area contributed by atoms with E-state index in [4.69, 9.17) is 11.6 Å². The first-order valence-corrected chi connectivity index (χ1v) is 7.80. The molecule has 1 fully saturated rings. The number of sulfonamides is 1. The summed E-state index contributed by atoms with van der Waals surface area (Å²) in [5.74, 6) is 0. The van der Waals surface area contributed by atoms with Gasteiger partial charge in [0, 0.05) is 18.1 Å². The number of hydrogen-bond donors (Lipinski definition) is 0. The van der Waals surface area contributed by atoms with Crippen LogP contribution in [0.2, 0.25) is 5.02 Å². The smallest absolute Gasteiger partial charge is 0.246 e. The van der Waals surface area contributed by atoms with Gasteiger partial charge in [-0.2, -0.15) is 4.31 Å². The van der Waals surface area contributed by atoms with Crippen LogP contribution in [0, 0.1) is 0 Å². The lowest BCUT2D eigenvalue weighted by atomic mass is 10.2. The van der Waals surface area contributed by atoms with Gasteiger partial charge >= 0.3 is 0 Å². The van der Waals surface area contributed by atoms with Gasteiger partial charge in [0.05, 0.1) is 11.9 Å². The maximum Gasteiger partial charge on any atom is 0.246 e. The highest BCUT2D eigenvalue weighted by molar-refractivity contribution is 7.89. The number of anilines is 1. The van der Waals surface area contributed by atoms with Crippen LogP contribution in [0.25, 0.3) is 0 Å². The minimum absolute atomic E-state index is 0.142. The second-order valence-electron chi connectivity index (χ2n) is 4.90. The number of rotatable bonds is 1. The Hall–Kier alpha value is -0.780. The fraction of sp³-hybridized carbons (Fsp3) is 0.500. The van der Waals surface area contributed by atoms with Gasteiger partial charge in [0.2, 0.25) is 10.0 Å². The van der Waals surface area contributed by atoms with Crippen molar-refractivity contribution in [2.75, 3.05) is 11.9 Å². The van der Waals surface area contributed by atoms with Gasteiger partial charge in [0.25, 0.3) is 0 Å². The second kappa shape index (κ2) is 3.85. The molecule has 0 amide bonds. The molecule has 1 heterocycles. The molecule has 1 atom stereocenters. The summed E-state index contributed by atoms with van der Waals surface area (Å²) in [4.78, 5) is 2.51. The first-order valence-electron chi connectivity index (χ1n) is 5.99. The van der Waals surface area contributed by atoms with Crippen LogP contribution in [-0.4, -0.2) is 32.0 Å². The summed E-state index contributed by atoms with van der Waals surface area (Å²) in [7, 11) is -1.80. The monoisotopic (exact) mass is 286 g/mol. The Morgan fingerprint density at radius 2 is 2.00 bits per heavy atom. The van der Waals surface area contributed by atoms with E-state index in [0.717, 1.165) is 18.5 Å². The molecule has 2 aliphatic rings. The highest BCUT2D eigenvalue weighted by Crippen LogP contribution is 2.43. The van der Waals surface area contributed by atoms with Crippen molar-refractivity contribution in [3.8, 4) is 0 Å². The van der Waals surface area contributed by atoms with E-state index in [1.165, 1.54) is 4.31 Å². The SMILES string of the molecule is CC1N(C2CC2)c2ccc(Cl)cc2S(=O)(=O)N1C. The van der Waals surface area contributed by atoms with Crippen molar-refractivity contribution in [3.63, 3.8) is 0 Å². The number of nitrogens with zero attached hydrogens (tertiary/aromatic N) is 2. The molecule has 0 aromatic heterocycles. The van der Waals surface area contributed by atoms with Gasteiger partial charge in [-0.3, -0.25) is 0 Å². The van der Waals surface area contributed by atoms with Gasteiger partial charge in [-0.25, -0.2) is 8.42 Å². The topological polar surface area (TPSA) is 40.6 Å². The molecule has 0 spiro atoms. The Kier molecular flexibility index (Phi) is 2.63. The number of hydrogen-bond acceptors (Lipinski definition) is 3. The largest absolute Gasteiger partial charge is 0.351 e. The molecule has 0 bridgehead atoms. The third-order valence-electron chi connectivity index (χ3n) is 3.73. The Bertz CT molecular complexity index is 598. The third-order valence-corrected chi connectivity index (χ3v) is 5.91. The zero-order valence-corrected chi connectivity index (χ0v) is 11.9. The first-order chi connectivity index (χ1) is 8.43. The molecular formula is C12H15ClN2O2S. The summed E-state index contributed by atoms with van der Waals surface area (Å²) < 4.78 is 26.2. The van der Waals surface area contributed by atoms with E-state index >= 15 is 0 Å². The summed E-state index contributed by atoms with van der Waals surface area (Å²) in [6.45, 7) is 1.92. The van der Waals surface area contributed by atoms with E-state index in [-0.39, 0.29) is 6.17 Å². The minimum atomic E-state index is -3.42. The molecule has 1 aliphatic carbocycles. The van der Waals surface area contributed by atoms with E-state index < -0.39 is 10.0 Å². The Balaban J connectivity index is 2.24. The quantitative estimate of drug-likeness (QED) is 0.795. The predicted octanol–water partition coefficient (Wildman–Crippen LogP) is 2.29. The summed E-state index contributed by atoms with van der Waals surface area (Å²) >= 11 is 5.93. The number of fused-ring (bicyclic) bond motifs is 1. The Morgan fingerprint density at radius 3 is 2.61 bits per heavy atom.